The highest BCUT2D eigenvalue weighted by Gasteiger charge is 2.28. The van der Waals surface area contributed by atoms with Gasteiger partial charge in [0.25, 0.3) is 0 Å². The van der Waals surface area contributed by atoms with Gasteiger partial charge in [-0.1, -0.05) is 0 Å². The molecule has 1 rings (SSSR count). The number of nitrogens with zero attached hydrogens (tertiary/aromatic N) is 1. The predicted octanol–water partition coefficient (Wildman–Crippen LogP) is 1.83. The second-order valence-electron chi connectivity index (χ2n) is 4.65. The second-order valence-corrected chi connectivity index (χ2v) is 6.64. The van der Waals surface area contributed by atoms with E-state index in [1.165, 1.54) is 0 Å². The molecule has 0 aliphatic heterocycles. The van der Waals surface area contributed by atoms with Crippen molar-refractivity contribution in [2.24, 2.45) is 0 Å². The van der Waals surface area contributed by atoms with Gasteiger partial charge in [-0.2, -0.15) is 5.10 Å². The average molecular weight is 229 g/mol. The number of aromatic amines is 1. The molecular formula is C10H19N3OS. The minimum atomic E-state index is -1.05. The molecule has 4 nitrogen and oxygen atoms in total. The number of H-pyrrole nitrogens is 1. The van der Waals surface area contributed by atoms with Gasteiger partial charge in [-0.05, 0) is 34.6 Å². The van der Waals surface area contributed by atoms with E-state index in [9.17, 15) is 4.55 Å². The van der Waals surface area contributed by atoms with E-state index in [1.807, 2.05) is 40.8 Å². The van der Waals surface area contributed by atoms with Gasteiger partial charge in [0.1, 0.15) is 4.75 Å². The summed E-state index contributed by atoms with van der Waals surface area (Å²) in [4.78, 5) is 0. The van der Waals surface area contributed by atoms with Crippen LogP contribution in [0.25, 0.3) is 0 Å². The lowest BCUT2D eigenvalue weighted by Gasteiger charge is -2.26. The molecule has 0 bridgehead atoms. The summed E-state index contributed by atoms with van der Waals surface area (Å²) < 4.78 is 14.7. The SMILES string of the molecule is Cc1n[nH]cc1[C@H](C)N[S+]([O-])C(C)(C)C. The van der Waals surface area contributed by atoms with Gasteiger partial charge in [-0.25, -0.2) is 0 Å². The molecule has 86 valence electrons. The second kappa shape index (κ2) is 4.55. The van der Waals surface area contributed by atoms with E-state index >= 15 is 0 Å². The van der Waals surface area contributed by atoms with E-state index in [4.69, 9.17) is 0 Å². The third-order valence-electron chi connectivity index (χ3n) is 2.18. The van der Waals surface area contributed by atoms with E-state index in [1.54, 1.807) is 0 Å². The Bertz CT molecular complexity index is 319. The maximum absolute atomic E-state index is 11.9. The molecule has 0 amide bonds. The van der Waals surface area contributed by atoms with E-state index in [0.717, 1.165) is 11.3 Å². The number of hydrogen-bond donors (Lipinski definition) is 2. The summed E-state index contributed by atoms with van der Waals surface area (Å²) in [6.07, 6.45) is 1.84. The lowest BCUT2D eigenvalue weighted by Crippen LogP contribution is -2.40. The molecule has 0 aliphatic carbocycles. The largest absolute Gasteiger partial charge is 0.598 e. The smallest absolute Gasteiger partial charge is 0.136 e. The Morgan fingerprint density at radius 3 is 2.53 bits per heavy atom. The quantitative estimate of drug-likeness (QED) is 0.777. The third kappa shape index (κ3) is 3.22. The summed E-state index contributed by atoms with van der Waals surface area (Å²) in [5, 5.41) is 6.85. The molecule has 0 saturated heterocycles. The standard InChI is InChI=1S/C10H19N3OS/c1-7-9(6-11-12-7)8(2)13-15(14)10(3,4)5/h6,8,13H,1-5H3,(H,11,12)/t8-,15?/m0/s1. The predicted molar refractivity (Wildman–Crippen MR) is 62.8 cm³/mol. The van der Waals surface area contributed by atoms with Crippen molar-refractivity contribution >= 4 is 11.4 Å². The molecule has 0 fully saturated rings. The third-order valence-corrected chi connectivity index (χ3v) is 3.86. The van der Waals surface area contributed by atoms with Crippen molar-refractivity contribution in [3.05, 3.63) is 17.5 Å². The van der Waals surface area contributed by atoms with Crippen LogP contribution in [0.1, 0.15) is 45.0 Å². The van der Waals surface area contributed by atoms with Crippen LogP contribution in [-0.4, -0.2) is 19.5 Å². The molecule has 2 N–H and O–H groups in total. The normalized spacial score (nSPS) is 16.4. The maximum atomic E-state index is 11.9. The van der Waals surface area contributed by atoms with Gasteiger partial charge in [0.15, 0.2) is 0 Å². The Morgan fingerprint density at radius 1 is 1.53 bits per heavy atom. The van der Waals surface area contributed by atoms with Crippen LogP contribution >= 0.6 is 0 Å². The number of rotatable bonds is 3. The summed E-state index contributed by atoms with van der Waals surface area (Å²) in [7, 11) is 0. The van der Waals surface area contributed by atoms with Gasteiger partial charge >= 0.3 is 0 Å². The molecule has 0 aromatic carbocycles. The van der Waals surface area contributed by atoms with Crippen molar-refractivity contribution in [3.63, 3.8) is 0 Å². The molecule has 15 heavy (non-hydrogen) atoms. The van der Waals surface area contributed by atoms with Crippen LogP contribution in [0.3, 0.4) is 0 Å². The van der Waals surface area contributed by atoms with Gasteiger partial charge < -0.3 is 4.55 Å². The minimum Gasteiger partial charge on any atom is -0.598 e. The highest BCUT2D eigenvalue weighted by molar-refractivity contribution is 7.90. The zero-order valence-electron chi connectivity index (χ0n) is 9.92. The van der Waals surface area contributed by atoms with E-state index in [2.05, 4.69) is 14.9 Å². The average Bonchev–Trinajstić information content (AvgIpc) is 2.49. The van der Waals surface area contributed by atoms with Crippen LogP contribution in [0.4, 0.5) is 0 Å². The van der Waals surface area contributed by atoms with Crippen LogP contribution < -0.4 is 4.72 Å². The van der Waals surface area contributed by atoms with E-state index in [-0.39, 0.29) is 10.8 Å². The van der Waals surface area contributed by atoms with Crippen molar-refractivity contribution in [1.29, 1.82) is 0 Å². The van der Waals surface area contributed by atoms with Crippen LogP contribution in [-0.2, 0) is 11.4 Å². The first kappa shape index (κ1) is 12.5. The molecule has 2 atom stereocenters. The van der Waals surface area contributed by atoms with Gasteiger partial charge in [0.2, 0.25) is 0 Å². The van der Waals surface area contributed by atoms with Crippen LogP contribution in [0.15, 0.2) is 6.20 Å². The van der Waals surface area contributed by atoms with Gasteiger partial charge in [0.05, 0.1) is 11.7 Å². The van der Waals surface area contributed by atoms with Crippen molar-refractivity contribution in [2.45, 2.75) is 45.4 Å². The zero-order valence-corrected chi connectivity index (χ0v) is 10.7. The summed E-state index contributed by atoms with van der Waals surface area (Å²) >= 11 is -1.05. The molecule has 1 aromatic heterocycles. The fourth-order valence-electron chi connectivity index (χ4n) is 1.21. The van der Waals surface area contributed by atoms with Crippen molar-refractivity contribution in [3.8, 4) is 0 Å². The first-order valence-electron chi connectivity index (χ1n) is 5.00. The molecule has 1 unspecified atom stereocenters. The Kier molecular flexibility index (Phi) is 3.81. The zero-order chi connectivity index (χ0) is 11.6. The summed E-state index contributed by atoms with van der Waals surface area (Å²) in [5.41, 5.74) is 2.01. The van der Waals surface area contributed by atoms with Crippen LogP contribution in [0, 0.1) is 6.92 Å². The molecule has 1 aromatic rings. The molecular weight excluding hydrogens is 210 g/mol. The molecule has 0 saturated carbocycles. The first-order chi connectivity index (χ1) is 6.82. The van der Waals surface area contributed by atoms with Crippen LogP contribution in [0.2, 0.25) is 0 Å². The Balaban J connectivity index is 2.64. The highest BCUT2D eigenvalue weighted by Crippen LogP contribution is 2.20. The molecule has 5 heteroatoms. The number of hydrogen-bond acceptors (Lipinski definition) is 3. The monoisotopic (exact) mass is 229 g/mol. The lowest BCUT2D eigenvalue weighted by molar-refractivity contribution is 0.531. The summed E-state index contributed by atoms with van der Waals surface area (Å²) in [5.74, 6) is 0. The number of aromatic nitrogens is 2. The van der Waals surface area contributed by atoms with Gasteiger partial charge in [0, 0.05) is 23.1 Å². The fraction of sp³-hybridized carbons (Fsp3) is 0.700. The minimum absolute atomic E-state index is 0.0452. The van der Waals surface area contributed by atoms with Crippen LogP contribution in [0.5, 0.6) is 0 Å². The highest BCUT2D eigenvalue weighted by atomic mass is 32.2. The maximum Gasteiger partial charge on any atom is 0.136 e. The molecule has 0 spiro atoms. The van der Waals surface area contributed by atoms with Gasteiger partial charge in [-0.3, -0.25) is 5.10 Å². The van der Waals surface area contributed by atoms with E-state index in [0.29, 0.717) is 0 Å². The molecule has 0 radical (unpaired) electrons. The summed E-state index contributed by atoms with van der Waals surface area (Å²) in [6.45, 7) is 9.77. The topological polar surface area (TPSA) is 63.8 Å². The lowest BCUT2D eigenvalue weighted by atomic mass is 10.1. The number of aryl methyl sites for hydroxylation is 1. The van der Waals surface area contributed by atoms with E-state index < -0.39 is 11.4 Å². The molecule has 1 heterocycles. The van der Waals surface area contributed by atoms with Crippen molar-refractivity contribution in [2.75, 3.05) is 0 Å². The summed E-state index contributed by atoms with van der Waals surface area (Å²) in [6, 6.07) is 0.0452. The number of nitrogens with one attached hydrogen (secondary N) is 2. The van der Waals surface area contributed by atoms with Crippen molar-refractivity contribution in [1.82, 2.24) is 14.9 Å². The van der Waals surface area contributed by atoms with Crippen molar-refractivity contribution < 1.29 is 4.55 Å². The Labute approximate surface area is 94.2 Å². The Hall–Kier alpha value is -0.520. The fourth-order valence-corrected chi connectivity index (χ4v) is 2.01. The first-order valence-corrected chi connectivity index (χ1v) is 6.15. The Morgan fingerprint density at radius 2 is 2.13 bits per heavy atom. The molecule has 0 aliphatic rings. The van der Waals surface area contributed by atoms with Gasteiger partial charge in [-0.15, -0.1) is 4.72 Å².